The van der Waals surface area contributed by atoms with Crippen molar-refractivity contribution in [2.75, 3.05) is 31.6 Å². The van der Waals surface area contributed by atoms with Crippen LogP contribution in [0, 0.1) is 0 Å². The highest BCUT2D eigenvalue weighted by atomic mass is 35.5. The number of ether oxygens (including phenoxy) is 1. The van der Waals surface area contributed by atoms with Crippen LogP contribution in [0.3, 0.4) is 0 Å². The van der Waals surface area contributed by atoms with E-state index < -0.39 is 11.7 Å². The highest BCUT2D eigenvalue weighted by Gasteiger charge is 2.43. The summed E-state index contributed by atoms with van der Waals surface area (Å²) in [5.41, 5.74) is 2.18. The number of methoxy groups -OCH3 is 1. The van der Waals surface area contributed by atoms with Crippen molar-refractivity contribution < 1.29 is 17.9 Å². The smallest absolute Gasteiger partial charge is 0.417 e. The zero-order valence-corrected chi connectivity index (χ0v) is 17.7. The van der Waals surface area contributed by atoms with Crippen molar-refractivity contribution in [3.05, 3.63) is 52.3 Å². The second kappa shape index (κ2) is 7.31. The lowest BCUT2D eigenvalue weighted by atomic mass is 9.80. The number of fused-ring (bicyclic) bond motifs is 4. The number of anilines is 1. The van der Waals surface area contributed by atoms with Crippen LogP contribution in [-0.4, -0.2) is 36.7 Å². The van der Waals surface area contributed by atoms with Crippen molar-refractivity contribution in [3.63, 3.8) is 0 Å². The van der Waals surface area contributed by atoms with E-state index in [-0.39, 0.29) is 10.6 Å². The number of pyridine rings is 1. The minimum atomic E-state index is -4.47. The first-order valence-corrected chi connectivity index (χ1v) is 10.6. The van der Waals surface area contributed by atoms with Crippen molar-refractivity contribution >= 4 is 28.3 Å². The van der Waals surface area contributed by atoms with E-state index in [1.807, 2.05) is 23.1 Å². The molecule has 2 aromatic heterocycles. The van der Waals surface area contributed by atoms with Gasteiger partial charge in [-0.05, 0) is 43.0 Å². The third-order valence-electron chi connectivity index (χ3n) is 6.37. The standard InChI is InChI=1S/C22H22ClF3N4O/c1-31-17-5-2-4-16-18(17)14-6-8-28-21(19(14)29-16)7-3-9-30(12-21)20-15(23)10-13(11-27-20)22(24,25)26/h2,4-5,10-11,28-29H,3,6-9,12H2,1H3. The van der Waals surface area contributed by atoms with Crippen molar-refractivity contribution in [2.45, 2.75) is 31.0 Å². The molecule has 0 amide bonds. The SMILES string of the molecule is COc1cccc2[nH]c3c(c12)CCNC31CCCN(c2ncc(C(F)(F)F)cc2Cl)C1. The Kier molecular flexibility index (Phi) is 4.82. The molecule has 4 heterocycles. The summed E-state index contributed by atoms with van der Waals surface area (Å²) in [6.45, 7) is 2.05. The molecule has 1 fully saturated rings. The van der Waals surface area contributed by atoms with Gasteiger partial charge in [0, 0.05) is 42.4 Å². The van der Waals surface area contributed by atoms with Gasteiger partial charge in [0.1, 0.15) is 11.6 Å². The van der Waals surface area contributed by atoms with Crippen LogP contribution in [0.4, 0.5) is 19.0 Å². The molecule has 1 atom stereocenters. The van der Waals surface area contributed by atoms with E-state index in [9.17, 15) is 13.2 Å². The lowest BCUT2D eigenvalue weighted by Gasteiger charge is -2.46. The van der Waals surface area contributed by atoms with Crippen LogP contribution in [0.5, 0.6) is 5.75 Å². The largest absolute Gasteiger partial charge is 0.496 e. The van der Waals surface area contributed by atoms with Gasteiger partial charge in [0.05, 0.1) is 23.2 Å². The summed E-state index contributed by atoms with van der Waals surface area (Å²) in [4.78, 5) is 9.67. The molecule has 9 heteroatoms. The van der Waals surface area contributed by atoms with Gasteiger partial charge in [-0.1, -0.05) is 17.7 Å². The summed E-state index contributed by atoms with van der Waals surface area (Å²) in [6, 6.07) is 6.92. The Balaban J connectivity index is 1.54. The first-order chi connectivity index (χ1) is 14.8. The van der Waals surface area contributed by atoms with E-state index in [2.05, 4.69) is 15.3 Å². The van der Waals surface area contributed by atoms with E-state index >= 15 is 0 Å². The Morgan fingerprint density at radius 2 is 2.13 bits per heavy atom. The molecular formula is C22H22ClF3N4O. The molecule has 2 aliphatic heterocycles. The Morgan fingerprint density at radius 3 is 2.87 bits per heavy atom. The van der Waals surface area contributed by atoms with Gasteiger partial charge in [-0.15, -0.1) is 0 Å². The number of hydrogen-bond donors (Lipinski definition) is 2. The Morgan fingerprint density at radius 1 is 1.29 bits per heavy atom. The molecule has 1 unspecified atom stereocenters. The normalized spacial score (nSPS) is 21.5. The van der Waals surface area contributed by atoms with E-state index in [4.69, 9.17) is 16.3 Å². The summed E-state index contributed by atoms with van der Waals surface area (Å²) in [5, 5.41) is 4.80. The molecule has 5 rings (SSSR count). The summed E-state index contributed by atoms with van der Waals surface area (Å²) in [5.74, 6) is 1.23. The van der Waals surface area contributed by atoms with Crippen molar-refractivity contribution in [3.8, 4) is 5.75 Å². The van der Waals surface area contributed by atoms with Gasteiger partial charge in [0.15, 0.2) is 0 Å². The summed E-state index contributed by atoms with van der Waals surface area (Å²) >= 11 is 6.25. The first-order valence-electron chi connectivity index (χ1n) is 10.2. The van der Waals surface area contributed by atoms with Gasteiger partial charge in [-0.25, -0.2) is 4.98 Å². The number of aromatic amines is 1. The molecule has 2 N–H and O–H groups in total. The topological polar surface area (TPSA) is 53.2 Å². The van der Waals surface area contributed by atoms with Crippen LogP contribution < -0.4 is 15.0 Å². The third-order valence-corrected chi connectivity index (χ3v) is 6.65. The van der Waals surface area contributed by atoms with E-state index in [0.717, 1.165) is 60.4 Å². The predicted molar refractivity (Wildman–Crippen MR) is 114 cm³/mol. The van der Waals surface area contributed by atoms with Gasteiger partial charge < -0.3 is 19.9 Å². The molecule has 0 radical (unpaired) electrons. The molecule has 164 valence electrons. The molecule has 1 spiro atoms. The highest BCUT2D eigenvalue weighted by molar-refractivity contribution is 6.33. The molecule has 0 saturated carbocycles. The number of H-pyrrole nitrogens is 1. The fraction of sp³-hybridized carbons (Fsp3) is 0.409. The predicted octanol–water partition coefficient (Wildman–Crippen LogP) is 4.89. The quantitative estimate of drug-likeness (QED) is 0.584. The van der Waals surface area contributed by atoms with Crippen molar-refractivity contribution in [1.29, 1.82) is 0 Å². The second-order valence-corrected chi connectivity index (χ2v) is 8.58. The van der Waals surface area contributed by atoms with E-state index in [1.165, 1.54) is 5.56 Å². The second-order valence-electron chi connectivity index (χ2n) is 8.17. The molecule has 2 aliphatic rings. The number of hydrogen-bond acceptors (Lipinski definition) is 4. The summed E-state index contributed by atoms with van der Waals surface area (Å²) < 4.78 is 44.7. The number of piperidine rings is 1. The fourth-order valence-electron chi connectivity index (χ4n) is 5.03. The summed E-state index contributed by atoms with van der Waals surface area (Å²) in [7, 11) is 1.67. The minimum Gasteiger partial charge on any atom is -0.496 e. The molecule has 0 bridgehead atoms. The molecular weight excluding hydrogens is 429 g/mol. The molecule has 1 aromatic carbocycles. The Bertz CT molecular complexity index is 1150. The van der Waals surface area contributed by atoms with Crippen LogP contribution >= 0.6 is 11.6 Å². The number of nitrogens with zero attached hydrogens (tertiary/aromatic N) is 2. The number of rotatable bonds is 2. The average molecular weight is 451 g/mol. The number of aromatic nitrogens is 2. The number of nitrogens with one attached hydrogen (secondary N) is 2. The average Bonchev–Trinajstić information content (AvgIpc) is 3.14. The van der Waals surface area contributed by atoms with Crippen LogP contribution in [0.1, 0.15) is 29.7 Å². The maximum Gasteiger partial charge on any atom is 0.417 e. The lowest BCUT2D eigenvalue weighted by molar-refractivity contribution is -0.137. The molecule has 0 aliphatic carbocycles. The van der Waals surface area contributed by atoms with Gasteiger partial charge in [0.2, 0.25) is 0 Å². The number of halogens is 4. The van der Waals surface area contributed by atoms with Gasteiger partial charge >= 0.3 is 6.18 Å². The van der Waals surface area contributed by atoms with E-state index in [0.29, 0.717) is 18.9 Å². The molecule has 5 nitrogen and oxygen atoms in total. The van der Waals surface area contributed by atoms with Crippen LogP contribution in [-0.2, 0) is 18.1 Å². The maximum atomic E-state index is 13.0. The van der Waals surface area contributed by atoms with Crippen LogP contribution in [0.15, 0.2) is 30.5 Å². The number of alkyl halides is 3. The molecule has 31 heavy (non-hydrogen) atoms. The molecule has 3 aromatic rings. The first kappa shape index (κ1) is 20.5. The minimum absolute atomic E-state index is 0.0150. The Hall–Kier alpha value is -2.45. The Labute approximate surface area is 182 Å². The zero-order valence-electron chi connectivity index (χ0n) is 16.9. The van der Waals surface area contributed by atoms with Gasteiger partial charge in [-0.2, -0.15) is 13.2 Å². The zero-order chi connectivity index (χ0) is 21.8. The van der Waals surface area contributed by atoms with Crippen molar-refractivity contribution in [1.82, 2.24) is 15.3 Å². The highest BCUT2D eigenvalue weighted by Crippen LogP contribution is 2.43. The molecule has 1 saturated heterocycles. The lowest BCUT2D eigenvalue weighted by Crippen LogP contribution is -2.57. The van der Waals surface area contributed by atoms with Crippen LogP contribution in [0.2, 0.25) is 5.02 Å². The van der Waals surface area contributed by atoms with Gasteiger partial charge in [-0.3, -0.25) is 0 Å². The van der Waals surface area contributed by atoms with Crippen LogP contribution in [0.25, 0.3) is 10.9 Å². The van der Waals surface area contributed by atoms with Crippen molar-refractivity contribution in [2.24, 2.45) is 0 Å². The maximum absolute atomic E-state index is 13.0. The fourth-order valence-corrected chi connectivity index (χ4v) is 5.31. The number of benzene rings is 1. The summed E-state index contributed by atoms with van der Waals surface area (Å²) in [6.07, 6.45) is -0.976. The third kappa shape index (κ3) is 3.32. The monoisotopic (exact) mass is 450 g/mol. The van der Waals surface area contributed by atoms with E-state index in [1.54, 1.807) is 7.11 Å². The van der Waals surface area contributed by atoms with Gasteiger partial charge in [0.25, 0.3) is 0 Å².